The minimum atomic E-state index is 0.898. The molecule has 0 saturated carbocycles. The molecule has 3 aliphatic carbocycles. The fourth-order valence-corrected chi connectivity index (χ4v) is 3.88. The molecular weight excluding hydrogens is 192 g/mol. The number of hydrogen-bond donors (Lipinski definition) is 0. The summed E-state index contributed by atoms with van der Waals surface area (Å²) in [5.74, 6) is 2.86. The van der Waals surface area contributed by atoms with Gasteiger partial charge in [-0.2, -0.15) is 0 Å². The van der Waals surface area contributed by atoms with Crippen LogP contribution in [0.3, 0.4) is 0 Å². The lowest BCUT2D eigenvalue weighted by Crippen LogP contribution is -2.28. The van der Waals surface area contributed by atoms with Gasteiger partial charge in [0.25, 0.3) is 0 Å². The Kier molecular flexibility index (Phi) is 2.99. The van der Waals surface area contributed by atoms with Gasteiger partial charge in [-0.25, -0.2) is 0 Å². The van der Waals surface area contributed by atoms with Gasteiger partial charge in [-0.05, 0) is 68.3 Å². The first kappa shape index (κ1) is 10.4. The normalized spacial score (nSPS) is 38.0. The molecule has 16 heavy (non-hydrogen) atoms. The summed E-state index contributed by atoms with van der Waals surface area (Å²) in [7, 11) is 0. The zero-order valence-corrected chi connectivity index (χ0v) is 10.1. The second-order valence-corrected chi connectivity index (χ2v) is 5.58. The molecule has 3 unspecified atom stereocenters. The lowest BCUT2D eigenvalue weighted by Gasteiger charge is -2.39. The van der Waals surface area contributed by atoms with Gasteiger partial charge in [-0.15, -0.1) is 0 Å². The van der Waals surface area contributed by atoms with E-state index in [0.717, 1.165) is 17.8 Å². The van der Waals surface area contributed by atoms with E-state index in [1.807, 2.05) is 0 Å². The van der Waals surface area contributed by atoms with Crippen LogP contribution in [0.2, 0.25) is 0 Å². The molecule has 3 aliphatic rings. The monoisotopic (exact) mass is 214 g/mol. The first-order valence-electron chi connectivity index (χ1n) is 6.97. The first-order chi connectivity index (χ1) is 7.95. The Bertz CT molecular complexity index is 332. The standard InChI is InChI=1S/C16H22/c1-2-7-13(8-3-1)16-12-6-10-14-9-4-5-11-15(14)16/h1-2,4,9-10,13,15-16H,3,5-8,11-12H2. The Morgan fingerprint density at radius 3 is 2.69 bits per heavy atom. The summed E-state index contributed by atoms with van der Waals surface area (Å²) in [6.07, 6.45) is 21.6. The quantitative estimate of drug-likeness (QED) is 0.558. The molecule has 0 heterocycles. The Morgan fingerprint density at radius 2 is 1.81 bits per heavy atom. The zero-order chi connectivity index (χ0) is 10.8. The fraction of sp³-hybridized carbons (Fsp3) is 0.625. The molecule has 0 spiro atoms. The van der Waals surface area contributed by atoms with Crippen molar-refractivity contribution in [1.82, 2.24) is 0 Å². The van der Waals surface area contributed by atoms with Crippen LogP contribution in [0.25, 0.3) is 0 Å². The van der Waals surface area contributed by atoms with Crippen LogP contribution in [-0.4, -0.2) is 0 Å². The van der Waals surface area contributed by atoms with Gasteiger partial charge >= 0.3 is 0 Å². The van der Waals surface area contributed by atoms with Crippen molar-refractivity contribution < 1.29 is 0 Å². The molecular formula is C16H22. The number of allylic oxidation sites excluding steroid dienone is 6. The molecule has 0 radical (unpaired) electrons. The van der Waals surface area contributed by atoms with E-state index < -0.39 is 0 Å². The third-order valence-corrected chi connectivity index (χ3v) is 4.69. The van der Waals surface area contributed by atoms with Crippen molar-refractivity contribution in [3.8, 4) is 0 Å². The highest BCUT2D eigenvalue weighted by Gasteiger charge is 2.33. The maximum Gasteiger partial charge on any atom is -0.0131 e. The van der Waals surface area contributed by atoms with Crippen molar-refractivity contribution in [2.75, 3.05) is 0 Å². The van der Waals surface area contributed by atoms with Crippen molar-refractivity contribution in [2.24, 2.45) is 17.8 Å². The molecule has 0 aromatic carbocycles. The van der Waals surface area contributed by atoms with E-state index in [2.05, 4.69) is 30.4 Å². The van der Waals surface area contributed by atoms with E-state index in [-0.39, 0.29) is 0 Å². The Hall–Kier alpha value is -0.780. The van der Waals surface area contributed by atoms with Gasteiger partial charge in [-0.3, -0.25) is 0 Å². The molecule has 0 bridgehead atoms. The van der Waals surface area contributed by atoms with Crippen LogP contribution in [-0.2, 0) is 0 Å². The lowest BCUT2D eigenvalue weighted by atomic mass is 9.66. The van der Waals surface area contributed by atoms with Crippen LogP contribution in [0.4, 0.5) is 0 Å². The molecule has 0 N–H and O–H groups in total. The lowest BCUT2D eigenvalue weighted by molar-refractivity contribution is 0.205. The van der Waals surface area contributed by atoms with Gasteiger partial charge in [0.15, 0.2) is 0 Å². The molecule has 3 rings (SSSR count). The molecule has 0 fully saturated rings. The Labute approximate surface area is 99.1 Å². The van der Waals surface area contributed by atoms with Gasteiger partial charge in [0.2, 0.25) is 0 Å². The van der Waals surface area contributed by atoms with E-state index in [1.165, 1.54) is 44.9 Å². The average molecular weight is 214 g/mol. The summed E-state index contributed by atoms with van der Waals surface area (Å²) in [6, 6.07) is 0. The summed E-state index contributed by atoms with van der Waals surface area (Å²) in [4.78, 5) is 0. The van der Waals surface area contributed by atoms with Gasteiger partial charge in [0.05, 0.1) is 0 Å². The molecule has 3 atom stereocenters. The Balaban J connectivity index is 1.78. The Morgan fingerprint density at radius 1 is 0.875 bits per heavy atom. The third kappa shape index (κ3) is 1.90. The number of fused-ring (bicyclic) bond motifs is 1. The summed E-state index contributed by atoms with van der Waals surface area (Å²) in [5, 5.41) is 0. The second kappa shape index (κ2) is 4.61. The van der Waals surface area contributed by atoms with Crippen molar-refractivity contribution in [1.29, 1.82) is 0 Å². The van der Waals surface area contributed by atoms with Crippen molar-refractivity contribution >= 4 is 0 Å². The van der Waals surface area contributed by atoms with Gasteiger partial charge < -0.3 is 0 Å². The summed E-state index contributed by atoms with van der Waals surface area (Å²) in [6.45, 7) is 0. The molecule has 0 saturated heterocycles. The molecule has 0 amide bonds. The van der Waals surface area contributed by atoms with Gasteiger partial charge in [0.1, 0.15) is 0 Å². The minimum Gasteiger partial charge on any atom is -0.0885 e. The zero-order valence-electron chi connectivity index (χ0n) is 10.1. The molecule has 0 aromatic heterocycles. The van der Waals surface area contributed by atoms with E-state index in [9.17, 15) is 0 Å². The highest BCUT2D eigenvalue weighted by atomic mass is 14.4. The highest BCUT2D eigenvalue weighted by molar-refractivity contribution is 5.27. The third-order valence-electron chi connectivity index (χ3n) is 4.69. The molecule has 0 nitrogen and oxygen atoms in total. The van der Waals surface area contributed by atoms with Crippen molar-refractivity contribution in [3.05, 3.63) is 36.0 Å². The average Bonchev–Trinajstić information content (AvgIpc) is 2.39. The fourth-order valence-electron chi connectivity index (χ4n) is 3.88. The molecule has 0 heteroatoms. The SMILES string of the molecule is C1=CCC(C2CCC=C3C=CCCC32)CC1. The largest absolute Gasteiger partial charge is 0.0885 e. The van der Waals surface area contributed by atoms with Crippen molar-refractivity contribution in [2.45, 2.75) is 44.9 Å². The van der Waals surface area contributed by atoms with Gasteiger partial charge in [-0.1, -0.05) is 30.4 Å². The van der Waals surface area contributed by atoms with E-state index in [4.69, 9.17) is 0 Å². The van der Waals surface area contributed by atoms with E-state index in [0.29, 0.717) is 0 Å². The molecule has 86 valence electrons. The summed E-state index contributed by atoms with van der Waals surface area (Å²) in [5.41, 5.74) is 1.66. The summed E-state index contributed by atoms with van der Waals surface area (Å²) < 4.78 is 0. The van der Waals surface area contributed by atoms with Crippen LogP contribution in [0.15, 0.2) is 36.0 Å². The van der Waals surface area contributed by atoms with Crippen LogP contribution in [0, 0.1) is 17.8 Å². The van der Waals surface area contributed by atoms with Crippen LogP contribution >= 0.6 is 0 Å². The minimum absolute atomic E-state index is 0.898. The van der Waals surface area contributed by atoms with Crippen LogP contribution in [0.1, 0.15) is 44.9 Å². The second-order valence-electron chi connectivity index (χ2n) is 5.58. The van der Waals surface area contributed by atoms with Crippen LogP contribution in [0.5, 0.6) is 0 Å². The maximum absolute atomic E-state index is 2.50. The van der Waals surface area contributed by atoms with Crippen LogP contribution < -0.4 is 0 Å². The van der Waals surface area contributed by atoms with Gasteiger partial charge in [0, 0.05) is 0 Å². The molecule has 0 aliphatic heterocycles. The van der Waals surface area contributed by atoms with E-state index >= 15 is 0 Å². The smallest absolute Gasteiger partial charge is 0.0131 e. The maximum atomic E-state index is 2.50. The summed E-state index contributed by atoms with van der Waals surface area (Å²) >= 11 is 0. The predicted octanol–water partition coefficient (Wildman–Crippen LogP) is 4.65. The number of hydrogen-bond acceptors (Lipinski definition) is 0. The van der Waals surface area contributed by atoms with E-state index in [1.54, 1.807) is 5.57 Å². The number of rotatable bonds is 1. The topological polar surface area (TPSA) is 0 Å². The molecule has 0 aromatic rings. The highest BCUT2D eigenvalue weighted by Crippen LogP contribution is 2.44. The first-order valence-corrected chi connectivity index (χ1v) is 6.97. The van der Waals surface area contributed by atoms with Crippen molar-refractivity contribution in [3.63, 3.8) is 0 Å². The predicted molar refractivity (Wildman–Crippen MR) is 69.2 cm³/mol.